The van der Waals surface area contributed by atoms with Gasteiger partial charge in [0.15, 0.2) is 5.75 Å². The minimum absolute atomic E-state index is 0.0855. The fourth-order valence-electron chi connectivity index (χ4n) is 4.25. The van der Waals surface area contributed by atoms with Crippen molar-refractivity contribution in [3.63, 3.8) is 0 Å². The molecule has 2 N–H and O–H groups in total. The van der Waals surface area contributed by atoms with E-state index in [0.29, 0.717) is 39.0 Å². The molecule has 5 aromatic rings. The number of esters is 1. The van der Waals surface area contributed by atoms with Crippen molar-refractivity contribution in [2.75, 3.05) is 6.61 Å². The number of amides is 1. The van der Waals surface area contributed by atoms with E-state index in [2.05, 4.69) is 34.7 Å². The van der Waals surface area contributed by atoms with Crippen LogP contribution in [0.5, 0.6) is 11.5 Å². The number of nitrogens with two attached hydrogens (primary N) is 1. The van der Waals surface area contributed by atoms with Gasteiger partial charge >= 0.3 is 5.97 Å². The third kappa shape index (κ3) is 5.11. The number of rotatable bonds is 7. The number of nitrogens with zero attached hydrogens (tertiary/aromatic N) is 3. The summed E-state index contributed by atoms with van der Waals surface area (Å²) in [7, 11) is 0. The first-order valence-corrected chi connectivity index (χ1v) is 12.2. The number of carbonyl (C=O) groups excluding carboxylic acids is 2. The van der Waals surface area contributed by atoms with E-state index in [4.69, 9.17) is 21.6 Å². The smallest absolute Gasteiger partial charge is 0.381 e. The average Bonchev–Trinajstić information content (AvgIpc) is 2.95. The fraction of sp³-hybridized carbons (Fsp3) is 0.129. The second-order valence-corrected chi connectivity index (χ2v) is 9.11. The number of primary amides is 1. The average molecular weight is 517 g/mol. The lowest BCUT2D eigenvalue weighted by molar-refractivity contribution is 0.0724. The van der Waals surface area contributed by atoms with Crippen LogP contribution in [-0.2, 0) is 0 Å². The molecular weight excluding hydrogens is 492 g/mol. The summed E-state index contributed by atoms with van der Waals surface area (Å²) >= 11 is 0. The maximum Gasteiger partial charge on any atom is 0.381 e. The highest BCUT2D eigenvalue weighted by molar-refractivity contribution is 6.07. The van der Waals surface area contributed by atoms with E-state index in [9.17, 15) is 9.59 Å². The van der Waals surface area contributed by atoms with E-state index in [1.54, 1.807) is 42.5 Å². The molecule has 5 rings (SSSR count). The normalized spacial score (nSPS) is 10.9. The van der Waals surface area contributed by atoms with E-state index in [1.807, 2.05) is 24.3 Å². The molecule has 0 aliphatic carbocycles. The first-order chi connectivity index (χ1) is 18.9. The van der Waals surface area contributed by atoms with Gasteiger partial charge in [-0.3, -0.25) is 4.79 Å². The van der Waals surface area contributed by atoms with Gasteiger partial charge in [0.1, 0.15) is 18.1 Å². The third-order valence-corrected chi connectivity index (χ3v) is 6.22. The Morgan fingerprint density at radius 3 is 2.41 bits per heavy atom. The molecule has 2 heterocycles. The van der Waals surface area contributed by atoms with E-state index in [1.165, 1.54) is 11.8 Å². The first kappa shape index (κ1) is 25.4. The number of aromatic nitrogens is 3. The quantitative estimate of drug-likeness (QED) is 0.230. The lowest BCUT2D eigenvalue weighted by atomic mass is 9.99. The lowest BCUT2D eigenvalue weighted by Gasteiger charge is -2.12. The van der Waals surface area contributed by atoms with E-state index < -0.39 is 11.9 Å². The Morgan fingerprint density at radius 2 is 1.72 bits per heavy atom. The molecule has 8 nitrogen and oxygen atoms in total. The summed E-state index contributed by atoms with van der Waals surface area (Å²) in [4.78, 5) is 38.4. The van der Waals surface area contributed by atoms with Crippen LogP contribution >= 0.6 is 0 Å². The van der Waals surface area contributed by atoms with Crippen LogP contribution in [0.15, 0.2) is 72.9 Å². The zero-order valence-corrected chi connectivity index (χ0v) is 21.3. The second-order valence-electron chi connectivity index (χ2n) is 9.11. The van der Waals surface area contributed by atoms with Crippen LogP contribution in [-0.4, -0.2) is 33.4 Å². The maximum atomic E-state index is 13.3. The van der Waals surface area contributed by atoms with Crippen molar-refractivity contribution < 1.29 is 19.1 Å². The molecule has 0 unspecified atom stereocenters. The van der Waals surface area contributed by atoms with Crippen molar-refractivity contribution in [2.45, 2.75) is 19.8 Å². The van der Waals surface area contributed by atoms with Crippen LogP contribution in [0, 0.1) is 12.3 Å². The molecule has 39 heavy (non-hydrogen) atoms. The van der Waals surface area contributed by atoms with E-state index >= 15 is 0 Å². The first-order valence-electron chi connectivity index (χ1n) is 12.2. The van der Waals surface area contributed by atoms with Gasteiger partial charge in [0, 0.05) is 21.7 Å². The molecule has 0 radical (unpaired) electrons. The van der Waals surface area contributed by atoms with Gasteiger partial charge in [-0.15, -0.1) is 6.42 Å². The Morgan fingerprint density at radius 1 is 0.974 bits per heavy atom. The summed E-state index contributed by atoms with van der Waals surface area (Å²) < 4.78 is 11.3. The highest BCUT2D eigenvalue weighted by Gasteiger charge is 2.20. The Labute approximate surface area is 224 Å². The predicted octanol–water partition coefficient (Wildman–Crippen LogP) is 5.30. The molecule has 0 saturated heterocycles. The van der Waals surface area contributed by atoms with E-state index in [-0.39, 0.29) is 23.9 Å². The van der Waals surface area contributed by atoms with Gasteiger partial charge < -0.3 is 15.2 Å². The monoisotopic (exact) mass is 516 g/mol. The number of benzene rings is 3. The minimum atomic E-state index is -0.775. The topological polar surface area (TPSA) is 117 Å². The number of hydrogen-bond donors (Lipinski definition) is 1. The molecule has 2 aromatic heterocycles. The summed E-state index contributed by atoms with van der Waals surface area (Å²) in [5.41, 5.74) is 8.59. The molecule has 0 bridgehead atoms. The SMILES string of the molecule is C#CCOc1ccc2nc(C(=O)Oc3cnc(C(N)=O)c4ccccc34)nc(-c3ccc(C(C)C)cc3)c2c1. The highest BCUT2D eigenvalue weighted by Crippen LogP contribution is 2.31. The molecule has 3 aromatic carbocycles. The molecule has 192 valence electrons. The number of ether oxygens (including phenoxy) is 2. The lowest BCUT2D eigenvalue weighted by Crippen LogP contribution is -2.16. The van der Waals surface area contributed by atoms with Crippen molar-refractivity contribution in [3.8, 4) is 35.1 Å². The molecule has 8 heteroatoms. The number of terminal acetylenes is 1. The molecule has 0 spiro atoms. The number of carbonyl (C=O) groups is 2. The van der Waals surface area contributed by atoms with Gasteiger partial charge in [-0.1, -0.05) is 68.3 Å². The molecule has 1 amide bonds. The van der Waals surface area contributed by atoms with Crippen LogP contribution in [0.1, 0.15) is 46.4 Å². The summed E-state index contributed by atoms with van der Waals surface area (Å²) in [5, 5.41) is 1.67. The largest absolute Gasteiger partial charge is 0.481 e. The molecule has 0 atom stereocenters. The summed E-state index contributed by atoms with van der Waals surface area (Å²) in [6, 6.07) is 20.2. The maximum absolute atomic E-state index is 13.3. The van der Waals surface area contributed by atoms with E-state index in [0.717, 1.165) is 5.56 Å². The molecular formula is C31H24N4O4. The Balaban J connectivity index is 1.60. The molecule has 0 saturated carbocycles. The highest BCUT2D eigenvalue weighted by atomic mass is 16.5. The Hall–Kier alpha value is -5.29. The Bertz CT molecular complexity index is 1770. The summed E-state index contributed by atoms with van der Waals surface area (Å²) in [5.74, 6) is 1.94. The standard InChI is InChI=1S/C31H24N4O4/c1-4-15-38-21-13-14-25-24(16-21)27(20-11-9-19(10-12-20)18(2)3)35-30(34-25)31(37)39-26-17-33-28(29(32)36)23-8-6-5-7-22(23)26/h1,5-14,16-18H,15H2,2-3H3,(H2,32,36). The summed E-state index contributed by atoms with van der Waals surface area (Å²) in [6.07, 6.45) is 6.64. The Kier molecular flexibility index (Phi) is 6.89. The fourth-order valence-corrected chi connectivity index (χ4v) is 4.25. The van der Waals surface area contributed by atoms with Gasteiger partial charge in [0.2, 0.25) is 5.82 Å². The number of hydrogen-bond acceptors (Lipinski definition) is 7. The van der Waals surface area contributed by atoms with Crippen molar-refractivity contribution in [3.05, 3.63) is 90.0 Å². The molecule has 0 aliphatic rings. The number of fused-ring (bicyclic) bond motifs is 2. The van der Waals surface area contributed by atoms with Gasteiger partial charge in [-0.05, 0) is 29.7 Å². The van der Waals surface area contributed by atoms with Gasteiger partial charge in [0.25, 0.3) is 5.91 Å². The van der Waals surface area contributed by atoms with Gasteiger partial charge in [0.05, 0.1) is 17.4 Å². The summed E-state index contributed by atoms with van der Waals surface area (Å²) in [6.45, 7) is 4.35. The molecule has 0 fully saturated rings. The van der Waals surface area contributed by atoms with Crippen molar-refractivity contribution >= 4 is 33.6 Å². The zero-order chi connectivity index (χ0) is 27.5. The van der Waals surface area contributed by atoms with Crippen molar-refractivity contribution in [2.24, 2.45) is 5.73 Å². The zero-order valence-electron chi connectivity index (χ0n) is 21.3. The minimum Gasteiger partial charge on any atom is -0.481 e. The molecule has 0 aliphatic heterocycles. The van der Waals surface area contributed by atoms with Crippen LogP contribution in [0.4, 0.5) is 0 Å². The van der Waals surface area contributed by atoms with Crippen LogP contribution < -0.4 is 15.2 Å². The van der Waals surface area contributed by atoms with Gasteiger partial charge in [-0.2, -0.15) is 0 Å². The predicted molar refractivity (Wildman–Crippen MR) is 149 cm³/mol. The third-order valence-electron chi connectivity index (χ3n) is 6.22. The van der Waals surface area contributed by atoms with Crippen LogP contribution in [0.3, 0.4) is 0 Å². The van der Waals surface area contributed by atoms with Crippen molar-refractivity contribution in [1.82, 2.24) is 15.0 Å². The van der Waals surface area contributed by atoms with Crippen LogP contribution in [0.25, 0.3) is 32.9 Å². The van der Waals surface area contributed by atoms with Crippen LogP contribution in [0.2, 0.25) is 0 Å². The second kappa shape index (κ2) is 10.6. The van der Waals surface area contributed by atoms with Gasteiger partial charge in [-0.25, -0.2) is 19.7 Å². The van der Waals surface area contributed by atoms with Crippen molar-refractivity contribution in [1.29, 1.82) is 0 Å². The number of pyridine rings is 1.